The van der Waals surface area contributed by atoms with E-state index < -0.39 is 0 Å². The Morgan fingerprint density at radius 3 is 2.09 bits per heavy atom. The molecule has 5 heteroatoms. The van der Waals surface area contributed by atoms with Gasteiger partial charge in [-0.05, 0) is 46.1 Å². The van der Waals surface area contributed by atoms with Gasteiger partial charge in [0.25, 0.3) is 0 Å². The van der Waals surface area contributed by atoms with Crippen LogP contribution >= 0.6 is 0 Å². The Hall–Kier alpha value is -1.10. The molecule has 0 saturated carbocycles. The first-order valence-corrected chi connectivity index (χ1v) is 8.56. The molecule has 0 radical (unpaired) electrons. The van der Waals surface area contributed by atoms with Crippen LogP contribution in [-0.4, -0.2) is 72.3 Å². The minimum Gasteiger partial charge on any atom is -0.342 e. The molecule has 0 aromatic rings. The SMILES string of the molecule is CCN(CC)C(=O)CN(C)C(C)C(=O)N1CC(C)CC(C)C1. The fraction of sp³-hybridized carbons (Fsp3) is 0.882. The number of hydrogen-bond acceptors (Lipinski definition) is 3. The lowest BCUT2D eigenvalue weighted by atomic mass is 9.91. The summed E-state index contributed by atoms with van der Waals surface area (Å²) in [6.07, 6.45) is 1.19. The van der Waals surface area contributed by atoms with Crippen LogP contribution in [0.2, 0.25) is 0 Å². The molecule has 5 nitrogen and oxygen atoms in total. The molecule has 1 saturated heterocycles. The van der Waals surface area contributed by atoms with Gasteiger partial charge in [0, 0.05) is 26.2 Å². The van der Waals surface area contributed by atoms with E-state index in [9.17, 15) is 9.59 Å². The smallest absolute Gasteiger partial charge is 0.239 e. The average Bonchev–Trinajstić information content (AvgIpc) is 2.45. The van der Waals surface area contributed by atoms with Crippen molar-refractivity contribution in [2.45, 2.75) is 47.1 Å². The molecule has 1 rings (SSSR count). The van der Waals surface area contributed by atoms with Crippen molar-refractivity contribution in [2.24, 2.45) is 11.8 Å². The minimum absolute atomic E-state index is 0.0903. The second-order valence-corrected chi connectivity index (χ2v) is 6.85. The van der Waals surface area contributed by atoms with Crippen molar-refractivity contribution in [3.8, 4) is 0 Å². The fourth-order valence-electron chi connectivity index (χ4n) is 3.32. The lowest BCUT2D eigenvalue weighted by molar-refractivity contribution is -0.140. The summed E-state index contributed by atoms with van der Waals surface area (Å²) in [7, 11) is 1.86. The lowest BCUT2D eigenvalue weighted by Gasteiger charge is -2.38. The molecule has 0 aliphatic carbocycles. The molecule has 1 aliphatic rings. The maximum atomic E-state index is 12.7. The first-order valence-electron chi connectivity index (χ1n) is 8.56. The predicted octanol–water partition coefficient (Wildman–Crippen LogP) is 1.68. The van der Waals surface area contributed by atoms with Gasteiger partial charge in [-0.25, -0.2) is 0 Å². The zero-order valence-corrected chi connectivity index (χ0v) is 15.1. The molecule has 128 valence electrons. The van der Waals surface area contributed by atoms with Crippen LogP contribution in [-0.2, 0) is 9.59 Å². The molecule has 1 fully saturated rings. The maximum Gasteiger partial charge on any atom is 0.239 e. The van der Waals surface area contributed by atoms with Gasteiger partial charge < -0.3 is 9.80 Å². The van der Waals surface area contributed by atoms with Gasteiger partial charge in [-0.3, -0.25) is 14.5 Å². The first kappa shape index (κ1) is 18.9. The van der Waals surface area contributed by atoms with Crippen molar-refractivity contribution in [1.29, 1.82) is 0 Å². The highest BCUT2D eigenvalue weighted by atomic mass is 16.2. The maximum absolute atomic E-state index is 12.7. The Bertz CT molecular complexity index is 372. The topological polar surface area (TPSA) is 43.9 Å². The van der Waals surface area contributed by atoms with Gasteiger partial charge in [0.1, 0.15) is 0 Å². The zero-order chi connectivity index (χ0) is 16.9. The van der Waals surface area contributed by atoms with E-state index in [1.165, 1.54) is 6.42 Å². The second kappa shape index (κ2) is 8.51. The van der Waals surface area contributed by atoms with Crippen LogP contribution in [0.4, 0.5) is 0 Å². The number of amides is 2. The Kier molecular flexibility index (Phi) is 7.33. The summed E-state index contributed by atoms with van der Waals surface area (Å²) in [5, 5.41) is 0. The highest BCUT2D eigenvalue weighted by Gasteiger charge is 2.30. The van der Waals surface area contributed by atoms with E-state index in [1.54, 1.807) is 4.90 Å². The summed E-state index contributed by atoms with van der Waals surface area (Å²) < 4.78 is 0. The summed E-state index contributed by atoms with van der Waals surface area (Å²) in [6, 6.07) is -0.253. The lowest BCUT2D eigenvalue weighted by Crippen LogP contribution is -2.52. The summed E-state index contributed by atoms with van der Waals surface area (Å²) in [6.45, 7) is 13.7. The van der Waals surface area contributed by atoms with E-state index in [4.69, 9.17) is 0 Å². The van der Waals surface area contributed by atoms with Crippen LogP contribution in [0, 0.1) is 11.8 Å². The Morgan fingerprint density at radius 2 is 1.64 bits per heavy atom. The van der Waals surface area contributed by atoms with Crippen molar-refractivity contribution < 1.29 is 9.59 Å². The number of likely N-dealkylation sites (tertiary alicyclic amines) is 1. The molecule has 3 unspecified atom stereocenters. The molecule has 0 bridgehead atoms. The number of rotatable bonds is 6. The minimum atomic E-state index is -0.253. The molecule has 1 heterocycles. The number of likely N-dealkylation sites (N-methyl/N-ethyl adjacent to an activating group) is 2. The van der Waals surface area contributed by atoms with Crippen LogP contribution in [0.15, 0.2) is 0 Å². The standard InChI is InChI=1S/C17H33N3O2/c1-7-19(8-2)16(21)12-18(6)15(5)17(22)20-10-13(3)9-14(4)11-20/h13-15H,7-12H2,1-6H3. The molecular weight excluding hydrogens is 278 g/mol. The predicted molar refractivity (Wildman–Crippen MR) is 89.5 cm³/mol. The Balaban J connectivity index is 2.60. The van der Waals surface area contributed by atoms with E-state index in [2.05, 4.69) is 13.8 Å². The van der Waals surface area contributed by atoms with Gasteiger partial charge in [0.05, 0.1) is 12.6 Å². The van der Waals surface area contributed by atoms with Gasteiger partial charge in [-0.2, -0.15) is 0 Å². The molecule has 22 heavy (non-hydrogen) atoms. The number of carbonyl (C=O) groups excluding carboxylic acids is 2. The third-order valence-corrected chi connectivity index (χ3v) is 4.70. The van der Waals surface area contributed by atoms with E-state index in [1.807, 2.05) is 37.6 Å². The van der Waals surface area contributed by atoms with Crippen LogP contribution in [0.3, 0.4) is 0 Å². The molecule has 0 aromatic carbocycles. The summed E-state index contributed by atoms with van der Waals surface area (Å²) in [4.78, 5) is 30.5. The van der Waals surface area contributed by atoms with Crippen LogP contribution in [0.1, 0.15) is 41.0 Å². The highest BCUT2D eigenvalue weighted by Crippen LogP contribution is 2.22. The monoisotopic (exact) mass is 311 g/mol. The van der Waals surface area contributed by atoms with Gasteiger partial charge in [-0.15, -0.1) is 0 Å². The van der Waals surface area contributed by atoms with Crippen molar-refractivity contribution in [3.63, 3.8) is 0 Å². The normalized spacial score (nSPS) is 23.5. The van der Waals surface area contributed by atoms with Crippen molar-refractivity contribution >= 4 is 11.8 Å². The zero-order valence-electron chi connectivity index (χ0n) is 15.1. The molecule has 0 N–H and O–H groups in total. The van der Waals surface area contributed by atoms with Crippen LogP contribution < -0.4 is 0 Å². The highest BCUT2D eigenvalue weighted by molar-refractivity contribution is 5.83. The Labute approximate surface area is 135 Å². The molecule has 3 atom stereocenters. The number of hydrogen-bond donors (Lipinski definition) is 0. The number of piperidine rings is 1. The number of nitrogens with zero attached hydrogens (tertiary/aromatic N) is 3. The van der Waals surface area contributed by atoms with Crippen LogP contribution in [0.5, 0.6) is 0 Å². The molecule has 0 spiro atoms. The van der Waals surface area contributed by atoms with Gasteiger partial charge in [-0.1, -0.05) is 13.8 Å². The number of carbonyl (C=O) groups is 2. The molecule has 1 aliphatic heterocycles. The quantitative estimate of drug-likeness (QED) is 0.749. The molecular formula is C17H33N3O2. The second-order valence-electron chi connectivity index (χ2n) is 6.85. The van der Waals surface area contributed by atoms with Gasteiger partial charge in [0.2, 0.25) is 11.8 Å². The fourth-order valence-corrected chi connectivity index (χ4v) is 3.32. The molecule has 2 amide bonds. The third kappa shape index (κ3) is 4.97. The average molecular weight is 311 g/mol. The molecule has 0 aromatic heterocycles. The van der Waals surface area contributed by atoms with Crippen molar-refractivity contribution in [1.82, 2.24) is 14.7 Å². The summed E-state index contributed by atoms with van der Waals surface area (Å²) in [5.74, 6) is 1.35. The largest absolute Gasteiger partial charge is 0.342 e. The first-order chi connectivity index (χ1) is 10.3. The van der Waals surface area contributed by atoms with Crippen LogP contribution in [0.25, 0.3) is 0 Å². The summed E-state index contributed by atoms with van der Waals surface area (Å²) >= 11 is 0. The third-order valence-electron chi connectivity index (χ3n) is 4.70. The van der Waals surface area contributed by atoms with Crippen molar-refractivity contribution in [3.05, 3.63) is 0 Å². The van der Waals surface area contributed by atoms with Gasteiger partial charge in [0.15, 0.2) is 0 Å². The van der Waals surface area contributed by atoms with E-state index >= 15 is 0 Å². The van der Waals surface area contributed by atoms with E-state index in [0.29, 0.717) is 31.5 Å². The Morgan fingerprint density at radius 1 is 1.14 bits per heavy atom. The summed E-state index contributed by atoms with van der Waals surface area (Å²) in [5.41, 5.74) is 0. The van der Waals surface area contributed by atoms with E-state index in [-0.39, 0.29) is 17.9 Å². The van der Waals surface area contributed by atoms with E-state index in [0.717, 1.165) is 13.1 Å². The van der Waals surface area contributed by atoms with Crippen molar-refractivity contribution in [2.75, 3.05) is 39.8 Å². The van der Waals surface area contributed by atoms with Gasteiger partial charge >= 0.3 is 0 Å².